The number of anilines is 1. The van der Waals surface area contributed by atoms with Crippen LogP contribution >= 0.6 is 0 Å². The molecular formula is C25H19FN2O2. The molecule has 4 rings (SSSR count). The van der Waals surface area contributed by atoms with Crippen LogP contribution in [0.3, 0.4) is 0 Å². The molecule has 1 amide bonds. The van der Waals surface area contributed by atoms with Crippen LogP contribution in [-0.2, 0) is 0 Å². The third kappa shape index (κ3) is 4.20. The SMILES string of the molecule is COc1ccc(NC(=O)c2ccc(F)c(-c3ccc(-c4ccccc4)cc3)c2)cn1. The highest BCUT2D eigenvalue weighted by Gasteiger charge is 2.12. The van der Waals surface area contributed by atoms with Gasteiger partial charge in [0.25, 0.3) is 5.91 Å². The van der Waals surface area contributed by atoms with Crippen LogP contribution in [0.5, 0.6) is 5.88 Å². The van der Waals surface area contributed by atoms with Gasteiger partial charge >= 0.3 is 0 Å². The van der Waals surface area contributed by atoms with E-state index < -0.39 is 0 Å². The molecule has 5 heteroatoms. The Hall–Kier alpha value is -3.99. The standard InChI is InChI=1S/C25H19FN2O2/c1-30-24-14-12-21(16-27-24)28-25(29)20-11-13-23(26)22(15-20)19-9-7-18(8-10-19)17-5-3-2-4-6-17/h2-16H,1H3,(H,28,29). The number of nitrogens with zero attached hydrogens (tertiary/aromatic N) is 1. The molecule has 0 aliphatic carbocycles. The van der Waals surface area contributed by atoms with Gasteiger partial charge in [-0.25, -0.2) is 9.37 Å². The lowest BCUT2D eigenvalue weighted by atomic mass is 9.98. The fourth-order valence-electron chi connectivity index (χ4n) is 3.14. The van der Waals surface area contributed by atoms with Gasteiger partial charge in [-0.05, 0) is 41.0 Å². The number of nitrogens with one attached hydrogen (secondary N) is 1. The molecule has 1 heterocycles. The lowest BCUT2D eigenvalue weighted by molar-refractivity contribution is 0.102. The number of methoxy groups -OCH3 is 1. The van der Waals surface area contributed by atoms with E-state index in [0.29, 0.717) is 28.3 Å². The minimum atomic E-state index is -0.384. The van der Waals surface area contributed by atoms with Crippen molar-refractivity contribution in [2.24, 2.45) is 0 Å². The van der Waals surface area contributed by atoms with Gasteiger partial charge in [0, 0.05) is 17.2 Å². The molecule has 30 heavy (non-hydrogen) atoms. The number of carbonyl (C=O) groups is 1. The summed E-state index contributed by atoms with van der Waals surface area (Å²) in [5.74, 6) is -0.273. The fourth-order valence-corrected chi connectivity index (χ4v) is 3.14. The van der Waals surface area contributed by atoms with Crippen LogP contribution in [0.2, 0.25) is 0 Å². The zero-order valence-electron chi connectivity index (χ0n) is 16.3. The normalized spacial score (nSPS) is 10.5. The predicted octanol–water partition coefficient (Wildman–Crippen LogP) is 5.82. The molecule has 0 unspecified atom stereocenters. The highest BCUT2D eigenvalue weighted by molar-refractivity contribution is 6.04. The molecule has 0 fully saturated rings. The number of hydrogen-bond donors (Lipinski definition) is 1. The van der Waals surface area contributed by atoms with Crippen molar-refractivity contribution < 1.29 is 13.9 Å². The molecule has 4 nitrogen and oxygen atoms in total. The van der Waals surface area contributed by atoms with Crippen LogP contribution in [-0.4, -0.2) is 18.0 Å². The molecule has 0 bridgehead atoms. The van der Waals surface area contributed by atoms with E-state index in [2.05, 4.69) is 10.3 Å². The maximum absolute atomic E-state index is 14.5. The first kappa shape index (κ1) is 19.3. The summed E-state index contributed by atoms with van der Waals surface area (Å²) in [7, 11) is 1.52. The Morgan fingerprint density at radius 3 is 2.23 bits per heavy atom. The molecule has 0 saturated carbocycles. The van der Waals surface area contributed by atoms with Crippen molar-refractivity contribution in [1.29, 1.82) is 0 Å². The Morgan fingerprint density at radius 2 is 1.57 bits per heavy atom. The summed E-state index contributed by atoms with van der Waals surface area (Å²) in [4.78, 5) is 16.7. The maximum atomic E-state index is 14.5. The average Bonchev–Trinajstić information content (AvgIpc) is 2.80. The van der Waals surface area contributed by atoms with Crippen molar-refractivity contribution in [3.05, 3.63) is 103 Å². The van der Waals surface area contributed by atoms with Crippen molar-refractivity contribution in [3.8, 4) is 28.1 Å². The second-order valence-corrected chi connectivity index (χ2v) is 6.68. The molecule has 4 aromatic rings. The Bertz CT molecular complexity index is 1160. The summed E-state index contributed by atoms with van der Waals surface area (Å²) in [6, 6.07) is 25.2. The summed E-state index contributed by atoms with van der Waals surface area (Å²) in [6.07, 6.45) is 1.50. The quantitative estimate of drug-likeness (QED) is 0.461. The van der Waals surface area contributed by atoms with E-state index in [1.54, 1.807) is 18.2 Å². The zero-order chi connectivity index (χ0) is 20.9. The van der Waals surface area contributed by atoms with Crippen LogP contribution in [0.15, 0.2) is 91.1 Å². The van der Waals surface area contributed by atoms with Crippen molar-refractivity contribution in [3.63, 3.8) is 0 Å². The number of rotatable bonds is 5. The summed E-state index contributed by atoms with van der Waals surface area (Å²) >= 11 is 0. The van der Waals surface area contributed by atoms with E-state index in [1.165, 1.54) is 25.4 Å². The maximum Gasteiger partial charge on any atom is 0.255 e. The van der Waals surface area contributed by atoms with Gasteiger partial charge in [-0.2, -0.15) is 0 Å². The van der Waals surface area contributed by atoms with E-state index in [4.69, 9.17) is 4.74 Å². The van der Waals surface area contributed by atoms with Gasteiger partial charge in [-0.3, -0.25) is 4.79 Å². The number of aromatic nitrogens is 1. The highest BCUT2D eigenvalue weighted by Crippen LogP contribution is 2.28. The largest absolute Gasteiger partial charge is 0.481 e. The number of benzene rings is 3. The van der Waals surface area contributed by atoms with Crippen molar-refractivity contribution in [1.82, 2.24) is 4.98 Å². The Balaban J connectivity index is 1.57. The lowest BCUT2D eigenvalue weighted by Gasteiger charge is -2.09. The summed E-state index contributed by atoms with van der Waals surface area (Å²) in [6.45, 7) is 0. The Labute approximate surface area is 174 Å². The van der Waals surface area contributed by atoms with Crippen molar-refractivity contribution in [2.45, 2.75) is 0 Å². The molecule has 0 radical (unpaired) electrons. The summed E-state index contributed by atoms with van der Waals surface area (Å²) < 4.78 is 19.5. The first-order chi connectivity index (χ1) is 14.6. The third-order valence-electron chi connectivity index (χ3n) is 4.73. The van der Waals surface area contributed by atoms with E-state index in [-0.39, 0.29) is 11.7 Å². The smallest absolute Gasteiger partial charge is 0.255 e. The minimum Gasteiger partial charge on any atom is -0.481 e. The number of amides is 1. The molecule has 0 aliphatic rings. The first-order valence-electron chi connectivity index (χ1n) is 9.41. The van der Waals surface area contributed by atoms with Gasteiger partial charge in [-0.15, -0.1) is 0 Å². The predicted molar refractivity (Wildman–Crippen MR) is 116 cm³/mol. The van der Waals surface area contributed by atoms with E-state index >= 15 is 0 Å². The second kappa shape index (κ2) is 8.57. The monoisotopic (exact) mass is 398 g/mol. The molecule has 148 valence electrons. The number of hydrogen-bond acceptors (Lipinski definition) is 3. The van der Waals surface area contributed by atoms with Crippen LogP contribution < -0.4 is 10.1 Å². The molecule has 0 spiro atoms. The zero-order valence-corrected chi connectivity index (χ0v) is 16.3. The van der Waals surface area contributed by atoms with Crippen LogP contribution in [0.4, 0.5) is 10.1 Å². The van der Waals surface area contributed by atoms with Crippen LogP contribution in [0.25, 0.3) is 22.3 Å². The van der Waals surface area contributed by atoms with Gasteiger partial charge in [0.05, 0.1) is 19.0 Å². The molecule has 0 aliphatic heterocycles. The van der Waals surface area contributed by atoms with Crippen LogP contribution in [0.1, 0.15) is 10.4 Å². The van der Waals surface area contributed by atoms with Gasteiger partial charge in [0.2, 0.25) is 5.88 Å². The molecule has 0 saturated heterocycles. The van der Waals surface area contributed by atoms with Gasteiger partial charge in [-0.1, -0.05) is 54.6 Å². The lowest BCUT2D eigenvalue weighted by Crippen LogP contribution is -2.12. The Kier molecular flexibility index (Phi) is 5.52. The summed E-state index contributed by atoms with van der Waals surface area (Å²) in [5.41, 5.74) is 4.09. The number of ether oxygens (including phenoxy) is 1. The highest BCUT2D eigenvalue weighted by atomic mass is 19.1. The summed E-state index contributed by atoms with van der Waals surface area (Å²) in [5, 5.41) is 2.76. The fraction of sp³-hybridized carbons (Fsp3) is 0.0400. The number of halogens is 1. The van der Waals surface area contributed by atoms with Crippen molar-refractivity contribution in [2.75, 3.05) is 12.4 Å². The number of pyridine rings is 1. The molecular weight excluding hydrogens is 379 g/mol. The van der Waals surface area contributed by atoms with Gasteiger partial charge in [0.15, 0.2) is 0 Å². The second-order valence-electron chi connectivity index (χ2n) is 6.68. The third-order valence-corrected chi connectivity index (χ3v) is 4.73. The van der Waals surface area contributed by atoms with Gasteiger partial charge in [0.1, 0.15) is 5.82 Å². The topological polar surface area (TPSA) is 51.2 Å². The molecule has 0 atom stereocenters. The minimum absolute atomic E-state index is 0.343. The first-order valence-corrected chi connectivity index (χ1v) is 9.41. The number of carbonyl (C=O) groups excluding carboxylic acids is 1. The molecule has 1 N–H and O–H groups in total. The van der Waals surface area contributed by atoms with E-state index in [0.717, 1.165) is 11.1 Å². The molecule has 3 aromatic carbocycles. The van der Waals surface area contributed by atoms with E-state index in [9.17, 15) is 9.18 Å². The molecule has 1 aromatic heterocycles. The van der Waals surface area contributed by atoms with E-state index in [1.807, 2.05) is 54.6 Å². The van der Waals surface area contributed by atoms with Crippen molar-refractivity contribution >= 4 is 11.6 Å². The average molecular weight is 398 g/mol. The van der Waals surface area contributed by atoms with Gasteiger partial charge < -0.3 is 10.1 Å². The van der Waals surface area contributed by atoms with Crippen LogP contribution in [0, 0.1) is 5.82 Å². The Morgan fingerprint density at radius 1 is 0.867 bits per heavy atom.